The Kier molecular flexibility index (Phi) is 6.36. The van der Waals surface area contributed by atoms with Gasteiger partial charge in [0.15, 0.2) is 0 Å². The van der Waals surface area contributed by atoms with Crippen molar-refractivity contribution in [1.82, 2.24) is 4.90 Å². The fourth-order valence-electron chi connectivity index (χ4n) is 4.00. The summed E-state index contributed by atoms with van der Waals surface area (Å²) >= 11 is 0. The van der Waals surface area contributed by atoms with E-state index in [2.05, 4.69) is 4.90 Å². The Balaban J connectivity index is 1.88. The maximum absolute atomic E-state index is 11.2. The van der Waals surface area contributed by atoms with E-state index in [0.29, 0.717) is 5.78 Å². The van der Waals surface area contributed by atoms with Crippen LogP contribution in [0.4, 0.5) is 0 Å². The topological polar surface area (TPSA) is 20.3 Å². The first-order valence-corrected chi connectivity index (χ1v) is 8.52. The molecule has 0 aromatic rings. The van der Waals surface area contributed by atoms with Crippen LogP contribution in [0.1, 0.15) is 84.0 Å². The normalized spacial score (nSPS) is 22.8. The molecule has 0 amide bonds. The number of carbonyl (C=O) groups excluding carboxylic acids is 1. The second-order valence-corrected chi connectivity index (χ2v) is 6.63. The molecule has 0 N–H and O–H groups in total. The summed E-state index contributed by atoms with van der Waals surface area (Å²) in [5, 5.41) is 0. The molecule has 0 atom stereocenters. The molecule has 19 heavy (non-hydrogen) atoms. The van der Waals surface area contributed by atoms with Crippen molar-refractivity contribution in [2.45, 2.75) is 96.1 Å². The van der Waals surface area contributed by atoms with Crippen LogP contribution in [0, 0.1) is 0 Å². The third-order valence-corrected chi connectivity index (χ3v) is 5.03. The van der Waals surface area contributed by atoms with E-state index < -0.39 is 0 Å². The van der Waals surface area contributed by atoms with Gasteiger partial charge >= 0.3 is 0 Å². The zero-order chi connectivity index (χ0) is 13.5. The molecule has 0 heterocycles. The molecule has 0 spiro atoms. The molecule has 0 radical (unpaired) electrons. The van der Waals surface area contributed by atoms with Crippen LogP contribution in [0.25, 0.3) is 0 Å². The Morgan fingerprint density at radius 1 is 0.895 bits per heavy atom. The van der Waals surface area contributed by atoms with E-state index in [1.807, 2.05) is 0 Å². The van der Waals surface area contributed by atoms with Crippen LogP contribution in [0.15, 0.2) is 0 Å². The van der Waals surface area contributed by atoms with E-state index in [1.54, 1.807) is 6.92 Å². The SMILES string of the molecule is CC(=O)CCCN(C1CCCCC1)C1CCCCC1. The van der Waals surface area contributed by atoms with Gasteiger partial charge in [0.2, 0.25) is 0 Å². The van der Waals surface area contributed by atoms with Crippen LogP contribution in [0.2, 0.25) is 0 Å². The highest BCUT2D eigenvalue weighted by Crippen LogP contribution is 2.30. The molecular formula is C17H31NO. The van der Waals surface area contributed by atoms with Gasteiger partial charge in [0.25, 0.3) is 0 Å². The average Bonchev–Trinajstić information content (AvgIpc) is 2.45. The van der Waals surface area contributed by atoms with E-state index >= 15 is 0 Å². The molecule has 2 rings (SSSR count). The number of ketones is 1. The monoisotopic (exact) mass is 265 g/mol. The van der Waals surface area contributed by atoms with Gasteiger partial charge in [0, 0.05) is 18.5 Å². The predicted octanol–water partition coefficient (Wildman–Crippen LogP) is 4.32. The highest BCUT2D eigenvalue weighted by Gasteiger charge is 2.28. The van der Waals surface area contributed by atoms with Gasteiger partial charge in [0.05, 0.1) is 0 Å². The lowest BCUT2D eigenvalue weighted by Crippen LogP contribution is -2.45. The summed E-state index contributed by atoms with van der Waals surface area (Å²) in [6.45, 7) is 2.89. The lowest BCUT2D eigenvalue weighted by Gasteiger charge is -2.41. The maximum Gasteiger partial charge on any atom is 0.129 e. The van der Waals surface area contributed by atoms with Crippen molar-refractivity contribution < 1.29 is 4.79 Å². The third kappa shape index (κ3) is 4.91. The Hall–Kier alpha value is -0.370. The number of Topliss-reactive ketones (excluding diaryl/α,β-unsaturated/α-hetero) is 1. The second-order valence-electron chi connectivity index (χ2n) is 6.63. The molecule has 0 aliphatic heterocycles. The lowest BCUT2D eigenvalue weighted by atomic mass is 9.88. The van der Waals surface area contributed by atoms with Crippen LogP contribution >= 0.6 is 0 Å². The van der Waals surface area contributed by atoms with E-state index in [4.69, 9.17) is 0 Å². The van der Waals surface area contributed by atoms with Crippen molar-refractivity contribution in [3.8, 4) is 0 Å². The van der Waals surface area contributed by atoms with Gasteiger partial charge in [-0.2, -0.15) is 0 Å². The minimum atomic E-state index is 0.354. The predicted molar refractivity (Wildman–Crippen MR) is 80.4 cm³/mol. The number of hydrogen-bond donors (Lipinski definition) is 0. The summed E-state index contributed by atoms with van der Waals surface area (Å²) < 4.78 is 0. The van der Waals surface area contributed by atoms with E-state index in [1.165, 1.54) is 64.2 Å². The fourth-order valence-corrected chi connectivity index (χ4v) is 4.00. The van der Waals surface area contributed by atoms with Gasteiger partial charge in [-0.1, -0.05) is 38.5 Å². The van der Waals surface area contributed by atoms with Gasteiger partial charge in [-0.3, -0.25) is 4.90 Å². The lowest BCUT2D eigenvalue weighted by molar-refractivity contribution is -0.117. The molecule has 2 saturated carbocycles. The van der Waals surface area contributed by atoms with Crippen molar-refractivity contribution in [2.75, 3.05) is 6.54 Å². The molecule has 2 fully saturated rings. The standard InChI is InChI=1S/C17H31NO/c1-15(19)9-8-14-18(16-10-4-2-5-11-16)17-12-6-3-7-13-17/h16-17H,2-14H2,1H3. The molecule has 0 aromatic carbocycles. The summed E-state index contributed by atoms with van der Waals surface area (Å²) in [5.41, 5.74) is 0. The molecular weight excluding hydrogens is 234 g/mol. The first kappa shape index (κ1) is 15.0. The summed E-state index contributed by atoms with van der Waals surface area (Å²) in [6, 6.07) is 1.65. The third-order valence-electron chi connectivity index (χ3n) is 5.03. The molecule has 0 saturated heterocycles. The average molecular weight is 265 g/mol. The smallest absolute Gasteiger partial charge is 0.129 e. The summed E-state index contributed by atoms with van der Waals surface area (Å²) in [5.74, 6) is 0.354. The van der Waals surface area contributed by atoms with Crippen LogP contribution in [0.5, 0.6) is 0 Å². The van der Waals surface area contributed by atoms with Crippen molar-refractivity contribution >= 4 is 5.78 Å². The maximum atomic E-state index is 11.2. The van der Waals surface area contributed by atoms with Crippen LogP contribution < -0.4 is 0 Å². The summed E-state index contributed by atoms with van der Waals surface area (Å²) in [6.07, 6.45) is 16.0. The quantitative estimate of drug-likeness (QED) is 0.712. The van der Waals surface area contributed by atoms with Crippen molar-refractivity contribution in [3.63, 3.8) is 0 Å². The van der Waals surface area contributed by atoms with Gasteiger partial charge in [-0.25, -0.2) is 0 Å². The van der Waals surface area contributed by atoms with Crippen molar-refractivity contribution in [2.24, 2.45) is 0 Å². The fraction of sp³-hybridized carbons (Fsp3) is 0.941. The van der Waals surface area contributed by atoms with Crippen LogP contribution in [-0.4, -0.2) is 29.3 Å². The van der Waals surface area contributed by atoms with Gasteiger partial charge < -0.3 is 4.79 Å². The number of carbonyl (C=O) groups is 1. The van der Waals surface area contributed by atoms with Gasteiger partial charge in [-0.05, 0) is 45.6 Å². The second kappa shape index (κ2) is 8.04. The zero-order valence-corrected chi connectivity index (χ0v) is 12.7. The summed E-state index contributed by atoms with van der Waals surface area (Å²) in [7, 11) is 0. The number of rotatable bonds is 6. The highest BCUT2D eigenvalue weighted by molar-refractivity contribution is 5.75. The molecule has 110 valence electrons. The first-order valence-electron chi connectivity index (χ1n) is 8.52. The molecule has 0 aromatic heterocycles. The van der Waals surface area contributed by atoms with E-state index in [-0.39, 0.29) is 0 Å². The molecule has 2 aliphatic rings. The molecule has 2 nitrogen and oxygen atoms in total. The van der Waals surface area contributed by atoms with Crippen LogP contribution in [0.3, 0.4) is 0 Å². The highest BCUT2D eigenvalue weighted by atomic mass is 16.1. The molecule has 2 heteroatoms. The molecule has 2 aliphatic carbocycles. The summed E-state index contributed by atoms with van der Waals surface area (Å²) in [4.78, 5) is 14.0. The first-order chi connectivity index (χ1) is 9.27. The molecule has 0 bridgehead atoms. The number of hydrogen-bond acceptors (Lipinski definition) is 2. The Morgan fingerprint density at radius 2 is 1.37 bits per heavy atom. The van der Waals surface area contributed by atoms with Gasteiger partial charge in [-0.15, -0.1) is 0 Å². The Morgan fingerprint density at radius 3 is 1.79 bits per heavy atom. The Bertz CT molecular complexity index is 246. The largest absolute Gasteiger partial charge is 0.300 e. The number of nitrogens with zero attached hydrogens (tertiary/aromatic N) is 1. The van der Waals surface area contributed by atoms with Gasteiger partial charge in [0.1, 0.15) is 5.78 Å². The van der Waals surface area contributed by atoms with Crippen LogP contribution in [-0.2, 0) is 4.79 Å². The van der Waals surface area contributed by atoms with E-state index in [0.717, 1.165) is 31.5 Å². The Labute approximate surface area is 118 Å². The molecule has 0 unspecified atom stereocenters. The minimum Gasteiger partial charge on any atom is -0.300 e. The van der Waals surface area contributed by atoms with Crippen molar-refractivity contribution in [3.05, 3.63) is 0 Å². The van der Waals surface area contributed by atoms with Crippen molar-refractivity contribution in [1.29, 1.82) is 0 Å². The van der Waals surface area contributed by atoms with E-state index in [9.17, 15) is 4.79 Å². The minimum absolute atomic E-state index is 0.354. The zero-order valence-electron chi connectivity index (χ0n) is 12.7.